The summed E-state index contributed by atoms with van der Waals surface area (Å²) < 4.78 is 6.45. The predicted octanol–water partition coefficient (Wildman–Crippen LogP) is 5.16. The number of benzene rings is 1. The highest BCUT2D eigenvalue weighted by atomic mass is 28.4. The smallest absolute Gasteiger partial charge is 0.254 e. The van der Waals surface area contributed by atoms with Crippen molar-refractivity contribution in [3.63, 3.8) is 0 Å². The van der Waals surface area contributed by atoms with E-state index in [1.54, 1.807) is 0 Å². The first-order chi connectivity index (χ1) is 12.7. The van der Waals surface area contributed by atoms with Crippen LogP contribution in [0.3, 0.4) is 0 Å². The number of piperidine rings is 1. The highest BCUT2D eigenvalue weighted by Crippen LogP contribution is 2.37. The van der Waals surface area contributed by atoms with Crippen molar-refractivity contribution < 1.29 is 9.22 Å². The number of hydrogen-bond donors (Lipinski definition) is 0. The Morgan fingerprint density at radius 3 is 2.67 bits per heavy atom. The third kappa shape index (κ3) is 5.43. The molecule has 1 heterocycles. The predicted molar refractivity (Wildman–Crippen MR) is 112 cm³/mol. The Bertz CT molecular complexity index is 688. The van der Waals surface area contributed by atoms with E-state index in [9.17, 15) is 4.79 Å². The molecule has 148 valence electrons. The minimum atomic E-state index is -1.84. The summed E-state index contributed by atoms with van der Waals surface area (Å²) in [7, 11) is -1.84. The molecule has 0 aromatic heterocycles. The molecule has 0 N–H and O–H groups in total. The molecule has 0 radical (unpaired) electrons. The van der Waals surface area contributed by atoms with Crippen molar-refractivity contribution in [1.29, 1.82) is 5.26 Å². The van der Waals surface area contributed by atoms with Gasteiger partial charge in [0.25, 0.3) is 5.91 Å². The van der Waals surface area contributed by atoms with E-state index in [0.29, 0.717) is 19.4 Å². The molecule has 1 amide bonds. The third-order valence-corrected chi connectivity index (χ3v) is 10.6. The molecular formula is C22H34N2O2Si. The van der Waals surface area contributed by atoms with Gasteiger partial charge in [0.2, 0.25) is 0 Å². The SMILES string of the molecule is CC(C)(C)[Si](C)(C)OC[C@@H]1CCCCN1C(=O)c1ccccc1CCC#N. The average Bonchev–Trinajstić information content (AvgIpc) is 2.64. The summed E-state index contributed by atoms with van der Waals surface area (Å²) in [6.07, 6.45) is 4.24. The van der Waals surface area contributed by atoms with Crippen LogP contribution in [0.4, 0.5) is 0 Å². The van der Waals surface area contributed by atoms with Crippen molar-refractivity contribution in [1.82, 2.24) is 4.90 Å². The topological polar surface area (TPSA) is 53.3 Å². The van der Waals surface area contributed by atoms with Gasteiger partial charge in [-0.1, -0.05) is 39.0 Å². The fourth-order valence-electron chi connectivity index (χ4n) is 3.25. The summed E-state index contributed by atoms with van der Waals surface area (Å²) in [5.41, 5.74) is 1.71. The number of likely N-dealkylation sites (tertiary alicyclic amines) is 1. The molecule has 0 bridgehead atoms. The number of carbonyl (C=O) groups is 1. The highest BCUT2D eigenvalue weighted by molar-refractivity contribution is 6.74. The largest absolute Gasteiger partial charge is 0.415 e. The summed E-state index contributed by atoms with van der Waals surface area (Å²) >= 11 is 0. The molecule has 0 aliphatic carbocycles. The van der Waals surface area contributed by atoms with Gasteiger partial charge in [0.15, 0.2) is 8.32 Å². The first-order valence-electron chi connectivity index (χ1n) is 10.1. The Labute approximate surface area is 165 Å². The van der Waals surface area contributed by atoms with Gasteiger partial charge in [-0.25, -0.2) is 0 Å². The maximum absolute atomic E-state index is 13.3. The highest BCUT2D eigenvalue weighted by Gasteiger charge is 2.39. The van der Waals surface area contributed by atoms with E-state index >= 15 is 0 Å². The van der Waals surface area contributed by atoms with Gasteiger partial charge in [0.1, 0.15) is 0 Å². The first kappa shape index (κ1) is 21.7. The molecule has 1 fully saturated rings. The number of amides is 1. The van der Waals surface area contributed by atoms with Crippen LogP contribution in [-0.2, 0) is 10.8 Å². The lowest BCUT2D eigenvalue weighted by Gasteiger charge is -2.41. The average molecular weight is 387 g/mol. The fourth-order valence-corrected chi connectivity index (χ4v) is 4.30. The van der Waals surface area contributed by atoms with E-state index in [1.807, 2.05) is 29.2 Å². The summed E-state index contributed by atoms with van der Waals surface area (Å²) in [6, 6.07) is 10.0. The Morgan fingerprint density at radius 1 is 1.30 bits per heavy atom. The van der Waals surface area contributed by atoms with Crippen LogP contribution in [-0.4, -0.2) is 38.3 Å². The molecule has 1 saturated heterocycles. The van der Waals surface area contributed by atoms with Crippen molar-refractivity contribution in [2.45, 2.75) is 77.0 Å². The van der Waals surface area contributed by atoms with E-state index in [-0.39, 0.29) is 17.0 Å². The summed E-state index contributed by atoms with van der Waals surface area (Å²) in [4.78, 5) is 15.3. The second-order valence-electron chi connectivity index (χ2n) is 9.03. The minimum Gasteiger partial charge on any atom is -0.415 e. The number of nitrogens with zero attached hydrogens (tertiary/aromatic N) is 2. The van der Waals surface area contributed by atoms with Crippen molar-refractivity contribution in [2.24, 2.45) is 0 Å². The molecule has 4 nitrogen and oxygen atoms in total. The zero-order chi connectivity index (χ0) is 20.1. The van der Waals surface area contributed by atoms with Gasteiger partial charge < -0.3 is 9.33 Å². The Kier molecular flexibility index (Phi) is 7.24. The third-order valence-electron chi connectivity index (χ3n) is 6.08. The fraction of sp³-hybridized carbons (Fsp3) is 0.636. The maximum atomic E-state index is 13.3. The Hall–Kier alpha value is -1.64. The number of hydrogen-bond acceptors (Lipinski definition) is 3. The lowest BCUT2D eigenvalue weighted by atomic mass is 9.98. The van der Waals surface area contributed by atoms with Crippen molar-refractivity contribution in [3.05, 3.63) is 35.4 Å². The molecule has 1 atom stereocenters. The summed E-state index contributed by atoms with van der Waals surface area (Å²) in [6.45, 7) is 12.7. The number of nitriles is 1. The summed E-state index contributed by atoms with van der Waals surface area (Å²) in [5.74, 6) is 0.0899. The summed E-state index contributed by atoms with van der Waals surface area (Å²) in [5, 5.41) is 9.07. The van der Waals surface area contributed by atoms with Crippen LogP contribution >= 0.6 is 0 Å². The van der Waals surface area contributed by atoms with Gasteiger partial charge in [0.05, 0.1) is 18.7 Å². The van der Waals surface area contributed by atoms with Gasteiger partial charge in [-0.2, -0.15) is 5.26 Å². The molecule has 1 aliphatic rings. The monoisotopic (exact) mass is 386 g/mol. The molecule has 1 aromatic carbocycles. The molecule has 0 saturated carbocycles. The van der Waals surface area contributed by atoms with Gasteiger partial charge in [-0.3, -0.25) is 4.79 Å². The standard InChI is InChI=1S/C22H34N2O2Si/c1-22(2,3)27(4,5)26-17-19-13-8-9-16-24(19)21(25)20-14-7-6-11-18(20)12-10-15-23/h6-7,11,14,19H,8-10,12-13,16-17H2,1-5H3/t19-/m0/s1. The van der Waals surface area contributed by atoms with E-state index in [0.717, 1.165) is 36.9 Å². The normalized spacial score (nSPS) is 18.2. The van der Waals surface area contributed by atoms with Crippen LogP contribution < -0.4 is 0 Å². The maximum Gasteiger partial charge on any atom is 0.254 e. The van der Waals surface area contributed by atoms with Crippen LogP contribution in [0, 0.1) is 11.3 Å². The Balaban J connectivity index is 2.15. The van der Waals surface area contributed by atoms with Gasteiger partial charge in [-0.05, 0) is 55.4 Å². The molecule has 1 aromatic rings. The van der Waals surface area contributed by atoms with Gasteiger partial charge >= 0.3 is 0 Å². The van der Waals surface area contributed by atoms with E-state index in [1.165, 1.54) is 0 Å². The van der Waals surface area contributed by atoms with Crippen molar-refractivity contribution >= 4 is 14.2 Å². The molecule has 0 spiro atoms. The van der Waals surface area contributed by atoms with Crippen LogP contribution in [0.15, 0.2) is 24.3 Å². The van der Waals surface area contributed by atoms with Gasteiger partial charge in [0, 0.05) is 18.5 Å². The molecule has 2 rings (SSSR count). The molecule has 1 aliphatic heterocycles. The zero-order valence-electron chi connectivity index (χ0n) is 17.5. The Morgan fingerprint density at radius 2 is 2.00 bits per heavy atom. The van der Waals surface area contributed by atoms with Crippen molar-refractivity contribution in [2.75, 3.05) is 13.2 Å². The van der Waals surface area contributed by atoms with Crippen LogP contribution in [0.2, 0.25) is 18.1 Å². The number of rotatable bonds is 6. The van der Waals surface area contributed by atoms with Crippen molar-refractivity contribution in [3.8, 4) is 6.07 Å². The number of carbonyl (C=O) groups excluding carboxylic acids is 1. The lowest BCUT2D eigenvalue weighted by Crippen LogP contribution is -2.50. The second-order valence-corrected chi connectivity index (χ2v) is 13.8. The van der Waals surface area contributed by atoms with Crippen LogP contribution in [0.1, 0.15) is 62.4 Å². The van der Waals surface area contributed by atoms with E-state index in [4.69, 9.17) is 9.69 Å². The molecule has 27 heavy (non-hydrogen) atoms. The lowest BCUT2D eigenvalue weighted by molar-refractivity contribution is 0.0514. The van der Waals surface area contributed by atoms with E-state index in [2.05, 4.69) is 39.9 Å². The quantitative estimate of drug-likeness (QED) is 0.635. The minimum absolute atomic E-state index is 0.0899. The van der Waals surface area contributed by atoms with Crippen LogP contribution in [0.5, 0.6) is 0 Å². The van der Waals surface area contributed by atoms with E-state index < -0.39 is 8.32 Å². The second kappa shape index (κ2) is 9.03. The molecule has 5 heteroatoms. The van der Waals surface area contributed by atoms with Gasteiger partial charge in [-0.15, -0.1) is 0 Å². The van der Waals surface area contributed by atoms with Crippen LogP contribution in [0.25, 0.3) is 0 Å². The number of aryl methyl sites for hydroxylation is 1. The molecular weight excluding hydrogens is 352 g/mol. The first-order valence-corrected chi connectivity index (χ1v) is 13.0. The molecule has 0 unspecified atom stereocenters. The zero-order valence-corrected chi connectivity index (χ0v) is 18.5.